The lowest BCUT2D eigenvalue weighted by molar-refractivity contribution is -0.884. The molecule has 3 aromatic rings. The zero-order chi connectivity index (χ0) is 20.5. The second-order valence-electron chi connectivity index (χ2n) is 7.68. The molecule has 1 aromatic carbocycles. The summed E-state index contributed by atoms with van der Waals surface area (Å²) in [5.74, 6) is 1.42. The number of hydrogen-bond donors (Lipinski definition) is 1. The number of aryl methyl sites for hydroxylation is 2. The van der Waals surface area contributed by atoms with Crippen molar-refractivity contribution >= 4 is 22.8 Å². The number of likely N-dealkylation sites (tertiary alicyclic amines) is 1. The Bertz CT molecular complexity index is 1180. The van der Waals surface area contributed by atoms with Crippen LogP contribution in [-0.2, 0) is 14.1 Å². The third-order valence-corrected chi connectivity index (χ3v) is 6.53. The number of hydrogen-bond acceptors (Lipinski definition) is 5. The molecule has 2 aromatic heterocycles. The molecule has 1 aliphatic rings. The highest BCUT2D eigenvalue weighted by molar-refractivity contribution is 7.99. The lowest BCUT2D eigenvalue weighted by Crippen LogP contribution is -3.10. The highest BCUT2D eigenvalue weighted by Crippen LogP contribution is 2.26. The Morgan fingerprint density at radius 3 is 2.59 bits per heavy atom. The number of quaternary nitrogens is 1. The van der Waals surface area contributed by atoms with Gasteiger partial charge in [0.25, 0.3) is 5.56 Å². The van der Waals surface area contributed by atoms with Gasteiger partial charge >= 0.3 is 5.69 Å². The Hall–Kier alpha value is -2.45. The van der Waals surface area contributed by atoms with E-state index < -0.39 is 0 Å². The fraction of sp³-hybridized carbons (Fsp3) is 0.429. The summed E-state index contributed by atoms with van der Waals surface area (Å²) >= 11 is 1.59. The summed E-state index contributed by atoms with van der Waals surface area (Å²) in [6.45, 7) is 5.50. The van der Waals surface area contributed by atoms with Crippen LogP contribution in [0.3, 0.4) is 0 Å². The Balaban J connectivity index is 1.83. The van der Waals surface area contributed by atoms with E-state index in [2.05, 4.69) is 4.98 Å². The molecule has 0 amide bonds. The van der Waals surface area contributed by atoms with Gasteiger partial charge in [0, 0.05) is 38.3 Å². The fourth-order valence-electron chi connectivity index (χ4n) is 3.86. The van der Waals surface area contributed by atoms with Crippen molar-refractivity contribution in [3.8, 4) is 11.4 Å². The minimum Gasteiger partial charge on any atom is -0.334 e. The molecule has 1 aliphatic heterocycles. The maximum atomic E-state index is 12.9. The number of rotatable bonds is 5. The molecular weight excluding hydrogens is 386 g/mol. The third kappa shape index (κ3) is 3.86. The van der Waals surface area contributed by atoms with Crippen LogP contribution < -0.4 is 16.1 Å². The largest absolute Gasteiger partial charge is 0.334 e. The van der Waals surface area contributed by atoms with Gasteiger partial charge in [-0.15, -0.1) is 0 Å². The molecule has 8 heteroatoms. The SMILES string of the molecule is Cc1cccc(-c2nc(SCC[NH+]3CCCC3)c3c(=O)n(C)c(=O)n(C)c3n2)c1. The Morgan fingerprint density at radius 2 is 1.86 bits per heavy atom. The van der Waals surface area contributed by atoms with Crippen LogP contribution in [0.15, 0.2) is 38.9 Å². The van der Waals surface area contributed by atoms with E-state index in [1.54, 1.807) is 23.7 Å². The van der Waals surface area contributed by atoms with E-state index in [-0.39, 0.29) is 11.2 Å². The number of aromatic nitrogens is 4. The van der Waals surface area contributed by atoms with E-state index in [4.69, 9.17) is 4.98 Å². The highest BCUT2D eigenvalue weighted by atomic mass is 32.2. The van der Waals surface area contributed by atoms with Crippen LogP contribution in [0, 0.1) is 6.92 Å². The maximum absolute atomic E-state index is 12.9. The van der Waals surface area contributed by atoms with E-state index >= 15 is 0 Å². The van der Waals surface area contributed by atoms with E-state index in [9.17, 15) is 9.59 Å². The van der Waals surface area contributed by atoms with Crippen LogP contribution in [-0.4, -0.2) is 44.5 Å². The van der Waals surface area contributed by atoms with Crippen molar-refractivity contribution in [3.63, 3.8) is 0 Å². The molecule has 4 rings (SSSR count). The fourth-order valence-corrected chi connectivity index (χ4v) is 4.92. The van der Waals surface area contributed by atoms with Crippen LogP contribution in [0.2, 0.25) is 0 Å². The van der Waals surface area contributed by atoms with Gasteiger partial charge in [-0.3, -0.25) is 13.9 Å². The Kier molecular flexibility index (Phi) is 5.56. The summed E-state index contributed by atoms with van der Waals surface area (Å²) in [5, 5.41) is 1.08. The van der Waals surface area contributed by atoms with Crippen molar-refractivity contribution in [2.75, 3.05) is 25.4 Å². The predicted molar refractivity (Wildman–Crippen MR) is 116 cm³/mol. The Morgan fingerprint density at radius 1 is 1.10 bits per heavy atom. The van der Waals surface area contributed by atoms with E-state index in [1.807, 2.05) is 31.2 Å². The van der Waals surface area contributed by atoms with Gasteiger partial charge in [0.05, 0.1) is 19.6 Å². The van der Waals surface area contributed by atoms with E-state index in [0.717, 1.165) is 28.0 Å². The predicted octanol–water partition coefficient (Wildman–Crippen LogP) is 0.773. The molecule has 0 unspecified atom stereocenters. The first-order valence-corrected chi connectivity index (χ1v) is 11.0. The molecule has 0 saturated carbocycles. The summed E-state index contributed by atoms with van der Waals surface area (Å²) in [7, 11) is 3.15. The average Bonchev–Trinajstić information content (AvgIpc) is 3.23. The second kappa shape index (κ2) is 8.12. The molecule has 0 atom stereocenters. The van der Waals surface area contributed by atoms with Crippen LogP contribution in [0.5, 0.6) is 0 Å². The molecule has 29 heavy (non-hydrogen) atoms. The molecule has 0 aliphatic carbocycles. The van der Waals surface area contributed by atoms with Gasteiger partial charge < -0.3 is 4.90 Å². The minimum absolute atomic E-state index is 0.338. The number of nitrogens with zero attached hydrogens (tertiary/aromatic N) is 4. The summed E-state index contributed by atoms with van der Waals surface area (Å²) in [5.41, 5.74) is 1.66. The average molecular weight is 413 g/mol. The van der Waals surface area contributed by atoms with Crippen molar-refractivity contribution in [1.82, 2.24) is 19.1 Å². The summed E-state index contributed by atoms with van der Waals surface area (Å²) in [6.07, 6.45) is 2.58. The highest BCUT2D eigenvalue weighted by Gasteiger charge is 2.20. The van der Waals surface area contributed by atoms with Gasteiger partial charge in [-0.2, -0.15) is 0 Å². The monoisotopic (exact) mass is 412 g/mol. The van der Waals surface area contributed by atoms with Gasteiger partial charge in [0.2, 0.25) is 0 Å². The van der Waals surface area contributed by atoms with Gasteiger partial charge in [0.15, 0.2) is 11.5 Å². The van der Waals surface area contributed by atoms with Crippen LogP contribution in [0.4, 0.5) is 0 Å². The van der Waals surface area contributed by atoms with Crippen molar-refractivity contribution < 1.29 is 4.90 Å². The molecular formula is C21H26N5O2S+. The van der Waals surface area contributed by atoms with Gasteiger partial charge in [-0.25, -0.2) is 14.8 Å². The summed E-state index contributed by atoms with van der Waals surface area (Å²) < 4.78 is 2.57. The lowest BCUT2D eigenvalue weighted by Gasteiger charge is -2.14. The number of thioether (sulfide) groups is 1. The summed E-state index contributed by atoms with van der Waals surface area (Å²) in [4.78, 5) is 36.3. The topological polar surface area (TPSA) is 74.2 Å². The number of fused-ring (bicyclic) bond motifs is 1. The minimum atomic E-state index is -0.381. The first-order chi connectivity index (χ1) is 14.0. The number of benzene rings is 1. The van der Waals surface area contributed by atoms with Crippen molar-refractivity contribution in [3.05, 3.63) is 50.7 Å². The molecule has 0 spiro atoms. The van der Waals surface area contributed by atoms with Crippen molar-refractivity contribution in [1.29, 1.82) is 0 Å². The van der Waals surface area contributed by atoms with Crippen LogP contribution in [0.1, 0.15) is 18.4 Å². The molecule has 152 valence electrons. The van der Waals surface area contributed by atoms with Crippen molar-refractivity contribution in [2.45, 2.75) is 24.8 Å². The van der Waals surface area contributed by atoms with Gasteiger partial charge in [-0.1, -0.05) is 35.5 Å². The smallest absolute Gasteiger partial charge is 0.332 e. The van der Waals surface area contributed by atoms with E-state index in [1.165, 1.54) is 37.5 Å². The molecule has 0 bridgehead atoms. The lowest BCUT2D eigenvalue weighted by atomic mass is 10.1. The van der Waals surface area contributed by atoms with Crippen LogP contribution in [0.25, 0.3) is 22.4 Å². The third-order valence-electron chi connectivity index (χ3n) is 5.55. The van der Waals surface area contributed by atoms with Gasteiger partial charge in [-0.05, 0) is 13.0 Å². The molecule has 7 nitrogen and oxygen atoms in total. The van der Waals surface area contributed by atoms with Crippen molar-refractivity contribution in [2.24, 2.45) is 14.1 Å². The molecule has 3 heterocycles. The van der Waals surface area contributed by atoms with Gasteiger partial charge in [0.1, 0.15) is 10.4 Å². The maximum Gasteiger partial charge on any atom is 0.332 e. The summed E-state index contributed by atoms with van der Waals surface area (Å²) in [6, 6.07) is 7.95. The normalized spacial score (nSPS) is 14.7. The molecule has 1 saturated heterocycles. The van der Waals surface area contributed by atoms with E-state index in [0.29, 0.717) is 21.9 Å². The van der Waals surface area contributed by atoms with Crippen LogP contribution >= 0.6 is 11.8 Å². The zero-order valence-corrected chi connectivity index (χ0v) is 17.9. The number of nitrogens with one attached hydrogen (secondary N) is 1. The molecule has 1 N–H and O–H groups in total. The quantitative estimate of drug-likeness (QED) is 0.495. The Labute approximate surface area is 173 Å². The first-order valence-electron chi connectivity index (χ1n) is 9.97. The standard InChI is InChI=1S/C21H25N5O2S/c1-14-7-6-8-15(13-14)17-22-18-16(20(27)25(3)21(28)24(18)2)19(23-17)29-12-11-26-9-4-5-10-26/h6-8,13H,4-5,9-12H2,1-3H3/p+1. The zero-order valence-electron chi connectivity index (χ0n) is 17.1. The first kappa shape index (κ1) is 19.8. The molecule has 0 radical (unpaired) electrons. The molecule has 1 fully saturated rings. The second-order valence-corrected chi connectivity index (χ2v) is 8.77.